The zero-order valence-electron chi connectivity index (χ0n) is 8.84. The van der Waals surface area contributed by atoms with Crippen LogP contribution in [0.25, 0.3) is 0 Å². The summed E-state index contributed by atoms with van der Waals surface area (Å²) in [5.74, 6) is 0. The maximum absolute atomic E-state index is 3.56. The summed E-state index contributed by atoms with van der Waals surface area (Å²) >= 11 is 1.82. The Morgan fingerprint density at radius 3 is 2.93 bits per heavy atom. The standard InChI is InChI=1S/C12H17NS/c1-9-5-6-10(14-2)8-11(9)12-4-3-7-13-12/h5-6,8,12-13H,3-4,7H2,1-2H3. The van der Waals surface area contributed by atoms with E-state index < -0.39 is 0 Å². The molecule has 1 unspecified atom stereocenters. The van der Waals surface area contributed by atoms with Crippen LogP contribution in [0.2, 0.25) is 0 Å². The zero-order valence-corrected chi connectivity index (χ0v) is 9.66. The molecule has 1 atom stereocenters. The highest BCUT2D eigenvalue weighted by molar-refractivity contribution is 7.98. The van der Waals surface area contributed by atoms with E-state index in [0.717, 1.165) is 0 Å². The van der Waals surface area contributed by atoms with Crippen molar-refractivity contribution in [2.45, 2.75) is 30.7 Å². The van der Waals surface area contributed by atoms with Crippen LogP contribution in [0.5, 0.6) is 0 Å². The predicted octanol–water partition coefficient (Wildman–Crippen LogP) is 3.14. The summed E-state index contributed by atoms with van der Waals surface area (Å²) in [6.07, 6.45) is 4.74. The highest BCUT2D eigenvalue weighted by atomic mass is 32.2. The second kappa shape index (κ2) is 4.37. The monoisotopic (exact) mass is 207 g/mol. The Kier molecular flexibility index (Phi) is 3.14. The summed E-state index contributed by atoms with van der Waals surface area (Å²) in [6, 6.07) is 7.38. The van der Waals surface area contributed by atoms with Crippen LogP contribution in [0.4, 0.5) is 0 Å². The number of nitrogens with one attached hydrogen (secondary N) is 1. The van der Waals surface area contributed by atoms with Gasteiger partial charge in [-0.05, 0) is 55.8 Å². The van der Waals surface area contributed by atoms with E-state index in [9.17, 15) is 0 Å². The molecule has 2 rings (SSSR count). The van der Waals surface area contributed by atoms with Gasteiger partial charge < -0.3 is 5.32 Å². The van der Waals surface area contributed by atoms with Crippen LogP contribution in [0, 0.1) is 6.92 Å². The van der Waals surface area contributed by atoms with Crippen LogP contribution in [-0.4, -0.2) is 12.8 Å². The second-order valence-corrected chi connectivity index (χ2v) is 4.75. The van der Waals surface area contributed by atoms with Gasteiger partial charge in [-0.25, -0.2) is 0 Å². The average molecular weight is 207 g/mol. The zero-order chi connectivity index (χ0) is 9.97. The molecule has 1 fully saturated rings. The average Bonchev–Trinajstić information content (AvgIpc) is 2.71. The van der Waals surface area contributed by atoms with Gasteiger partial charge in [0.2, 0.25) is 0 Å². The van der Waals surface area contributed by atoms with E-state index in [1.807, 2.05) is 11.8 Å². The minimum Gasteiger partial charge on any atom is -0.310 e. The van der Waals surface area contributed by atoms with E-state index in [1.54, 1.807) is 0 Å². The fourth-order valence-corrected chi connectivity index (χ4v) is 2.52. The van der Waals surface area contributed by atoms with E-state index >= 15 is 0 Å². The molecule has 1 heterocycles. The molecule has 76 valence electrons. The first-order valence-electron chi connectivity index (χ1n) is 5.19. The van der Waals surface area contributed by atoms with Crippen LogP contribution < -0.4 is 5.32 Å². The van der Waals surface area contributed by atoms with E-state index in [0.29, 0.717) is 6.04 Å². The van der Waals surface area contributed by atoms with Crippen molar-refractivity contribution in [1.82, 2.24) is 5.32 Å². The van der Waals surface area contributed by atoms with Crippen molar-refractivity contribution in [3.8, 4) is 0 Å². The van der Waals surface area contributed by atoms with Gasteiger partial charge in [0.15, 0.2) is 0 Å². The van der Waals surface area contributed by atoms with Crippen molar-refractivity contribution >= 4 is 11.8 Å². The highest BCUT2D eigenvalue weighted by Gasteiger charge is 2.17. The van der Waals surface area contributed by atoms with Crippen molar-refractivity contribution in [3.05, 3.63) is 29.3 Å². The molecule has 1 saturated heterocycles. The molecular formula is C12H17NS. The molecule has 14 heavy (non-hydrogen) atoms. The lowest BCUT2D eigenvalue weighted by Gasteiger charge is -2.14. The van der Waals surface area contributed by atoms with Gasteiger partial charge in [-0.3, -0.25) is 0 Å². The third-order valence-electron chi connectivity index (χ3n) is 2.92. The van der Waals surface area contributed by atoms with Crippen LogP contribution >= 0.6 is 11.8 Å². The summed E-state index contributed by atoms with van der Waals surface area (Å²) in [5.41, 5.74) is 2.91. The van der Waals surface area contributed by atoms with Crippen molar-refractivity contribution < 1.29 is 0 Å². The Morgan fingerprint density at radius 1 is 1.43 bits per heavy atom. The van der Waals surface area contributed by atoms with Gasteiger partial charge >= 0.3 is 0 Å². The van der Waals surface area contributed by atoms with Crippen molar-refractivity contribution in [2.75, 3.05) is 12.8 Å². The van der Waals surface area contributed by atoms with Crippen LogP contribution in [0.1, 0.15) is 30.0 Å². The smallest absolute Gasteiger partial charge is 0.0323 e. The topological polar surface area (TPSA) is 12.0 Å². The molecule has 0 aromatic heterocycles. The normalized spacial score (nSPS) is 21.4. The Bertz CT molecular complexity index is 316. The first-order chi connectivity index (χ1) is 6.81. The molecule has 0 saturated carbocycles. The lowest BCUT2D eigenvalue weighted by atomic mass is 10.0. The SMILES string of the molecule is CSc1ccc(C)c(C2CCCN2)c1. The quantitative estimate of drug-likeness (QED) is 0.748. The minimum atomic E-state index is 0.599. The number of hydrogen-bond acceptors (Lipinski definition) is 2. The Hall–Kier alpha value is -0.470. The van der Waals surface area contributed by atoms with Gasteiger partial charge in [0.1, 0.15) is 0 Å². The second-order valence-electron chi connectivity index (χ2n) is 3.87. The molecule has 0 amide bonds. The first kappa shape index (κ1) is 10.1. The summed E-state index contributed by atoms with van der Waals surface area (Å²) in [4.78, 5) is 1.37. The molecule has 1 aliphatic rings. The maximum Gasteiger partial charge on any atom is 0.0323 e. The molecule has 0 spiro atoms. The van der Waals surface area contributed by atoms with Gasteiger partial charge in [0.25, 0.3) is 0 Å². The first-order valence-corrected chi connectivity index (χ1v) is 6.41. The Morgan fingerprint density at radius 2 is 2.29 bits per heavy atom. The van der Waals surface area contributed by atoms with Gasteiger partial charge in [0, 0.05) is 10.9 Å². The third kappa shape index (κ3) is 1.96. The van der Waals surface area contributed by atoms with E-state index in [-0.39, 0.29) is 0 Å². The molecule has 1 aromatic carbocycles. The molecule has 2 heteroatoms. The van der Waals surface area contributed by atoms with Crippen molar-refractivity contribution in [1.29, 1.82) is 0 Å². The predicted molar refractivity (Wildman–Crippen MR) is 62.9 cm³/mol. The fraction of sp³-hybridized carbons (Fsp3) is 0.500. The van der Waals surface area contributed by atoms with E-state index in [2.05, 4.69) is 36.7 Å². The molecule has 1 aromatic rings. The number of benzene rings is 1. The van der Waals surface area contributed by atoms with Crippen molar-refractivity contribution in [2.24, 2.45) is 0 Å². The Balaban J connectivity index is 2.29. The lowest BCUT2D eigenvalue weighted by molar-refractivity contribution is 0.642. The molecule has 1 N–H and O–H groups in total. The van der Waals surface area contributed by atoms with Gasteiger partial charge in [0.05, 0.1) is 0 Å². The van der Waals surface area contributed by atoms with Gasteiger partial charge in [-0.2, -0.15) is 0 Å². The van der Waals surface area contributed by atoms with E-state index in [4.69, 9.17) is 0 Å². The summed E-state index contributed by atoms with van der Waals surface area (Å²) in [7, 11) is 0. The molecule has 0 aliphatic carbocycles. The maximum atomic E-state index is 3.56. The molecule has 0 radical (unpaired) electrons. The molecule has 0 bridgehead atoms. The van der Waals surface area contributed by atoms with E-state index in [1.165, 1.54) is 35.4 Å². The van der Waals surface area contributed by atoms with Crippen LogP contribution in [-0.2, 0) is 0 Å². The summed E-state index contributed by atoms with van der Waals surface area (Å²) < 4.78 is 0. The minimum absolute atomic E-state index is 0.599. The van der Waals surface area contributed by atoms with Gasteiger partial charge in [-0.1, -0.05) is 6.07 Å². The van der Waals surface area contributed by atoms with Crippen LogP contribution in [0.3, 0.4) is 0 Å². The van der Waals surface area contributed by atoms with Gasteiger partial charge in [-0.15, -0.1) is 11.8 Å². The number of hydrogen-bond donors (Lipinski definition) is 1. The largest absolute Gasteiger partial charge is 0.310 e. The van der Waals surface area contributed by atoms with Crippen molar-refractivity contribution in [3.63, 3.8) is 0 Å². The number of aryl methyl sites for hydroxylation is 1. The summed E-state index contributed by atoms with van der Waals surface area (Å²) in [6.45, 7) is 3.38. The molecular weight excluding hydrogens is 190 g/mol. The Labute approximate surface area is 90.3 Å². The molecule has 1 aliphatic heterocycles. The molecule has 1 nitrogen and oxygen atoms in total. The fourth-order valence-electron chi connectivity index (χ4n) is 2.07. The third-order valence-corrected chi connectivity index (χ3v) is 3.65. The number of thioether (sulfide) groups is 1. The highest BCUT2D eigenvalue weighted by Crippen LogP contribution is 2.28. The number of rotatable bonds is 2. The van der Waals surface area contributed by atoms with Crippen LogP contribution in [0.15, 0.2) is 23.1 Å². The summed E-state index contributed by atoms with van der Waals surface area (Å²) in [5, 5.41) is 3.56. The lowest BCUT2D eigenvalue weighted by Crippen LogP contribution is -2.13.